The first-order chi connectivity index (χ1) is 10.5. The summed E-state index contributed by atoms with van der Waals surface area (Å²) < 4.78 is 11.7. The number of halogens is 1. The molecule has 6 heteroatoms. The molecule has 0 radical (unpaired) electrons. The van der Waals surface area contributed by atoms with Gasteiger partial charge in [0.15, 0.2) is 6.29 Å². The fraction of sp³-hybridized carbons (Fsp3) is 0.438. The lowest BCUT2D eigenvalue weighted by molar-refractivity contribution is -0.177. The topological polar surface area (TPSA) is 67.8 Å². The second-order valence-corrected chi connectivity index (χ2v) is 5.45. The van der Waals surface area contributed by atoms with Gasteiger partial charge < -0.3 is 19.9 Å². The zero-order chi connectivity index (χ0) is 16.5. The summed E-state index contributed by atoms with van der Waals surface area (Å²) >= 11 is 3.36. The second kappa shape index (κ2) is 9.74. The van der Waals surface area contributed by atoms with Crippen LogP contribution in [0.3, 0.4) is 0 Å². The predicted molar refractivity (Wildman–Crippen MR) is 89.0 cm³/mol. The standard InChI is InChI=1S/C16H22BrNO4/c1-4-21-16(22-5-2)15(20)10-14(18-11(3)19)12-6-8-13(17)9-7-12/h6-10,15-16,20H,4-5H2,1-3H3,(H,18,19)/b14-10-/t15-/m0/s1. The van der Waals surface area contributed by atoms with E-state index in [4.69, 9.17) is 9.47 Å². The largest absolute Gasteiger partial charge is 0.384 e. The first-order valence-electron chi connectivity index (χ1n) is 7.14. The molecular formula is C16H22BrNO4. The first kappa shape index (κ1) is 18.8. The summed E-state index contributed by atoms with van der Waals surface area (Å²) in [5, 5.41) is 13.0. The van der Waals surface area contributed by atoms with Gasteiger partial charge in [-0.3, -0.25) is 4.79 Å². The number of benzene rings is 1. The minimum atomic E-state index is -0.995. The van der Waals surface area contributed by atoms with Gasteiger partial charge in [-0.1, -0.05) is 28.1 Å². The molecule has 1 atom stereocenters. The molecule has 1 rings (SSSR count). The lowest BCUT2D eigenvalue weighted by Gasteiger charge is -2.21. The van der Waals surface area contributed by atoms with Crippen LogP contribution in [0.4, 0.5) is 0 Å². The van der Waals surface area contributed by atoms with Crippen molar-refractivity contribution >= 4 is 27.5 Å². The Kier molecular flexibility index (Phi) is 8.34. The molecule has 1 aromatic rings. The number of amides is 1. The number of hydrogen-bond donors (Lipinski definition) is 2. The Morgan fingerprint density at radius 1 is 1.27 bits per heavy atom. The third-order valence-electron chi connectivity index (χ3n) is 2.74. The van der Waals surface area contributed by atoms with E-state index in [-0.39, 0.29) is 5.91 Å². The summed E-state index contributed by atoms with van der Waals surface area (Å²) in [6, 6.07) is 7.41. The van der Waals surface area contributed by atoms with Gasteiger partial charge in [-0.25, -0.2) is 0 Å². The normalized spacial score (nSPS) is 13.3. The molecule has 0 aliphatic carbocycles. The Morgan fingerprint density at radius 3 is 2.27 bits per heavy atom. The van der Waals surface area contributed by atoms with Crippen molar-refractivity contribution in [2.24, 2.45) is 0 Å². The summed E-state index contributed by atoms with van der Waals surface area (Å²) in [5.74, 6) is -0.217. The molecular weight excluding hydrogens is 350 g/mol. The van der Waals surface area contributed by atoms with Crippen LogP contribution in [0.2, 0.25) is 0 Å². The molecule has 0 spiro atoms. The number of aliphatic hydroxyl groups excluding tert-OH is 1. The number of rotatable bonds is 8. The SMILES string of the molecule is CCOC(OCC)[C@@H](O)/C=C(\NC(C)=O)c1ccc(Br)cc1. The maximum Gasteiger partial charge on any atom is 0.221 e. The number of ether oxygens (including phenoxy) is 2. The van der Waals surface area contributed by atoms with E-state index in [2.05, 4.69) is 21.2 Å². The van der Waals surface area contributed by atoms with Crippen molar-refractivity contribution in [3.63, 3.8) is 0 Å². The number of hydrogen-bond acceptors (Lipinski definition) is 4. The van der Waals surface area contributed by atoms with Gasteiger partial charge in [-0.2, -0.15) is 0 Å². The van der Waals surface area contributed by atoms with Gasteiger partial charge in [-0.05, 0) is 37.6 Å². The molecule has 0 saturated heterocycles. The van der Waals surface area contributed by atoms with Crippen LogP contribution >= 0.6 is 15.9 Å². The van der Waals surface area contributed by atoms with Crippen LogP contribution in [-0.2, 0) is 14.3 Å². The van der Waals surface area contributed by atoms with Gasteiger partial charge in [0.25, 0.3) is 0 Å². The molecule has 0 bridgehead atoms. The Balaban J connectivity index is 3.03. The molecule has 0 saturated carbocycles. The zero-order valence-electron chi connectivity index (χ0n) is 13.0. The van der Waals surface area contributed by atoms with Crippen molar-refractivity contribution in [2.75, 3.05) is 13.2 Å². The van der Waals surface area contributed by atoms with Gasteiger partial charge in [0.05, 0.1) is 0 Å². The summed E-state index contributed by atoms with van der Waals surface area (Å²) in [5.41, 5.74) is 1.29. The zero-order valence-corrected chi connectivity index (χ0v) is 14.6. The van der Waals surface area contributed by atoms with Gasteiger partial charge in [-0.15, -0.1) is 0 Å². The highest BCUT2D eigenvalue weighted by atomic mass is 79.9. The van der Waals surface area contributed by atoms with E-state index in [1.165, 1.54) is 13.0 Å². The van der Waals surface area contributed by atoms with E-state index >= 15 is 0 Å². The third kappa shape index (κ3) is 6.27. The molecule has 5 nitrogen and oxygen atoms in total. The van der Waals surface area contributed by atoms with Crippen molar-refractivity contribution in [3.8, 4) is 0 Å². The Labute approximate surface area is 139 Å². The van der Waals surface area contributed by atoms with Gasteiger partial charge >= 0.3 is 0 Å². The van der Waals surface area contributed by atoms with Crippen molar-refractivity contribution in [3.05, 3.63) is 40.4 Å². The average Bonchev–Trinajstić information content (AvgIpc) is 2.46. The van der Waals surface area contributed by atoms with Crippen LogP contribution in [-0.4, -0.2) is 36.6 Å². The molecule has 0 aliphatic heterocycles. The predicted octanol–water partition coefficient (Wildman–Crippen LogP) is 2.69. The Bertz CT molecular complexity index is 495. The van der Waals surface area contributed by atoms with E-state index in [0.717, 1.165) is 10.0 Å². The fourth-order valence-electron chi connectivity index (χ4n) is 1.85. The van der Waals surface area contributed by atoms with Crippen molar-refractivity contribution in [1.29, 1.82) is 0 Å². The monoisotopic (exact) mass is 371 g/mol. The summed E-state index contributed by atoms with van der Waals surface area (Å²) in [6.45, 7) is 5.91. The summed E-state index contributed by atoms with van der Waals surface area (Å²) in [6.07, 6.45) is -0.236. The molecule has 0 heterocycles. The Hall–Kier alpha value is -1.21. The van der Waals surface area contributed by atoms with E-state index in [0.29, 0.717) is 18.9 Å². The van der Waals surface area contributed by atoms with Crippen LogP contribution < -0.4 is 5.32 Å². The minimum absolute atomic E-state index is 0.217. The molecule has 22 heavy (non-hydrogen) atoms. The lowest BCUT2D eigenvalue weighted by atomic mass is 10.1. The van der Waals surface area contributed by atoms with E-state index in [1.807, 2.05) is 38.1 Å². The van der Waals surface area contributed by atoms with E-state index in [9.17, 15) is 9.90 Å². The molecule has 1 aromatic carbocycles. The van der Waals surface area contributed by atoms with Crippen LogP contribution in [0.5, 0.6) is 0 Å². The minimum Gasteiger partial charge on any atom is -0.384 e. The van der Waals surface area contributed by atoms with Crippen molar-refractivity contribution in [2.45, 2.75) is 33.2 Å². The molecule has 0 aromatic heterocycles. The van der Waals surface area contributed by atoms with E-state index in [1.54, 1.807) is 0 Å². The van der Waals surface area contributed by atoms with Crippen LogP contribution in [0.25, 0.3) is 5.70 Å². The highest BCUT2D eigenvalue weighted by Crippen LogP contribution is 2.18. The first-order valence-corrected chi connectivity index (χ1v) is 7.93. The summed E-state index contributed by atoms with van der Waals surface area (Å²) in [7, 11) is 0. The molecule has 0 unspecified atom stereocenters. The summed E-state index contributed by atoms with van der Waals surface area (Å²) in [4.78, 5) is 11.4. The highest BCUT2D eigenvalue weighted by Gasteiger charge is 2.19. The third-order valence-corrected chi connectivity index (χ3v) is 3.27. The molecule has 0 fully saturated rings. The fourth-order valence-corrected chi connectivity index (χ4v) is 2.12. The molecule has 1 amide bonds. The smallest absolute Gasteiger partial charge is 0.221 e. The van der Waals surface area contributed by atoms with Crippen LogP contribution in [0.15, 0.2) is 34.8 Å². The molecule has 2 N–H and O–H groups in total. The van der Waals surface area contributed by atoms with Gasteiger partial charge in [0, 0.05) is 30.3 Å². The van der Waals surface area contributed by atoms with Crippen LogP contribution in [0, 0.1) is 0 Å². The maximum atomic E-state index is 11.4. The lowest BCUT2D eigenvalue weighted by Crippen LogP contribution is -2.32. The number of aliphatic hydroxyl groups is 1. The van der Waals surface area contributed by atoms with Gasteiger partial charge in [0.2, 0.25) is 5.91 Å². The molecule has 0 aliphatic rings. The van der Waals surface area contributed by atoms with Crippen molar-refractivity contribution in [1.82, 2.24) is 5.32 Å². The maximum absolute atomic E-state index is 11.4. The highest BCUT2D eigenvalue weighted by molar-refractivity contribution is 9.10. The number of carbonyl (C=O) groups is 1. The van der Waals surface area contributed by atoms with Crippen LogP contribution in [0.1, 0.15) is 26.3 Å². The molecule has 122 valence electrons. The average molecular weight is 372 g/mol. The number of carbonyl (C=O) groups excluding carboxylic acids is 1. The quantitative estimate of drug-likeness (QED) is 0.689. The Morgan fingerprint density at radius 2 is 1.82 bits per heavy atom. The van der Waals surface area contributed by atoms with Crippen molar-refractivity contribution < 1.29 is 19.4 Å². The number of nitrogens with one attached hydrogen (secondary N) is 1. The van der Waals surface area contributed by atoms with Gasteiger partial charge in [0.1, 0.15) is 6.10 Å². The van der Waals surface area contributed by atoms with E-state index < -0.39 is 12.4 Å². The second-order valence-electron chi connectivity index (χ2n) is 4.54.